The van der Waals surface area contributed by atoms with E-state index in [-0.39, 0.29) is 30.4 Å². The fraction of sp³-hybridized carbons (Fsp3) is 0.471. The molecule has 0 bridgehead atoms. The summed E-state index contributed by atoms with van der Waals surface area (Å²) < 4.78 is 2.28. The van der Waals surface area contributed by atoms with Gasteiger partial charge in [-0.2, -0.15) is 0 Å². The Kier molecular flexibility index (Phi) is 5.81. The van der Waals surface area contributed by atoms with Gasteiger partial charge in [-0.05, 0) is 51.0 Å². The first kappa shape index (κ1) is 19.1. The van der Waals surface area contributed by atoms with E-state index in [0.717, 1.165) is 37.4 Å². The van der Waals surface area contributed by atoms with Crippen molar-refractivity contribution in [1.82, 2.24) is 19.9 Å². The first-order chi connectivity index (χ1) is 10.7. The van der Waals surface area contributed by atoms with Gasteiger partial charge in [0.25, 0.3) is 0 Å². The Morgan fingerprint density at radius 3 is 2.58 bits per heavy atom. The summed E-state index contributed by atoms with van der Waals surface area (Å²) in [6, 6.07) is 9.09. The molecule has 0 radical (unpaired) electrons. The van der Waals surface area contributed by atoms with Gasteiger partial charge in [0.2, 0.25) is 0 Å². The molecule has 2 N–H and O–H groups in total. The summed E-state index contributed by atoms with van der Waals surface area (Å²) in [4.78, 5) is 7.03. The van der Waals surface area contributed by atoms with E-state index in [4.69, 9.17) is 0 Å². The largest absolute Gasteiger partial charge is 0.316 e. The number of hydrazine groups is 1. The number of piperidine rings is 1. The fourth-order valence-electron chi connectivity index (χ4n) is 3.71. The second-order valence-electron chi connectivity index (χ2n) is 6.60. The first-order valence-electron chi connectivity index (χ1n) is 8.10. The van der Waals surface area contributed by atoms with E-state index >= 15 is 0 Å². The van der Waals surface area contributed by atoms with Crippen LogP contribution >= 0.6 is 24.8 Å². The number of fused-ring (bicyclic) bond motifs is 4. The lowest BCUT2D eigenvalue weighted by atomic mass is 9.84. The quantitative estimate of drug-likeness (QED) is 0.808. The maximum absolute atomic E-state index is 4.47. The molecule has 5 nitrogen and oxygen atoms in total. The number of hydrogen-bond acceptors (Lipinski definition) is 4. The van der Waals surface area contributed by atoms with Crippen LogP contribution < -0.4 is 10.9 Å². The molecule has 132 valence electrons. The van der Waals surface area contributed by atoms with Gasteiger partial charge in [-0.25, -0.2) is 10.4 Å². The van der Waals surface area contributed by atoms with Crippen LogP contribution in [0.15, 0.2) is 36.7 Å². The molecule has 7 heteroatoms. The minimum absolute atomic E-state index is 0. The Bertz CT molecular complexity index is 677. The lowest BCUT2D eigenvalue weighted by Crippen LogP contribution is -2.54. The Balaban J connectivity index is 0.00000104. The van der Waals surface area contributed by atoms with E-state index in [2.05, 4.69) is 63.5 Å². The Morgan fingerprint density at radius 2 is 1.88 bits per heavy atom. The van der Waals surface area contributed by atoms with Crippen molar-refractivity contribution in [2.45, 2.75) is 38.3 Å². The molecule has 4 heterocycles. The Hall–Kier alpha value is -1.27. The molecule has 2 aliphatic heterocycles. The summed E-state index contributed by atoms with van der Waals surface area (Å²) in [5.74, 6) is 0.892. The van der Waals surface area contributed by atoms with Gasteiger partial charge in [0.15, 0.2) is 5.82 Å². The number of halogens is 2. The Labute approximate surface area is 155 Å². The van der Waals surface area contributed by atoms with Crippen molar-refractivity contribution in [2.24, 2.45) is 0 Å². The van der Waals surface area contributed by atoms with E-state index < -0.39 is 0 Å². The molecule has 2 aliphatic rings. The fourth-order valence-corrected chi connectivity index (χ4v) is 3.71. The van der Waals surface area contributed by atoms with Gasteiger partial charge in [0.1, 0.15) is 0 Å². The molecule has 0 saturated carbocycles. The third-order valence-corrected chi connectivity index (χ3v) is 5.09. The normalized spacial score (nSPS) is 18.6. The average molecular weight is 370 g/mol. The minimum Gasteiger partial charge on any atom is -0.316 e. The van der Waals surface area contributed by atoms with Gasteiger partial charge in [-0.3, -0.25) is 0 Å². The molecule has 1 saturated heterocycles. The molecule has 1 spiro atoms. The van der Waals surface area contributed by atoms with Crippen LogP contribution in [-0.2, 0) is 5.54 Å². The van der Waals surface area contributed by atoms with Crippen molar-refractivity contribution >= 4 is 30.6 Å². The maximum Gasteiger partial charge on any atom is 0.164 e. The summed E-state index contributed by atoms with van der Waals surface area (Å²) in [6.45, 7) is 6.78. The molecule has 0 unspecified atom stereocenters. The van der Waals surface area contributed by atoms with Crippen molar-refractivity contribution in [3.8, 4) is 5.69 Å². The van der Waals surface area contributed by atoms with Crippen LogP contribution in [0.2, 0.25) is 0 Å². The Morgan fingerprint density at radius 1 is 1.12 bits per heavy atom. The summed E-state index contributed by atoms with van der Waals surface area (Å²) in [6.07, 6.45) is 6.16. The first-order valence-corrected chi connectivity index (χ1v) is 8.10. The van der Waals surface area contributed by atoms with Crippen LogP contribution in [0.5, 0.6) is 0 Å². The molecule has 2 aromatic rings. The lowest BCUT2D eigenvalue weighted by Gasteiger charge is -2.43. The van der Waals surface area contributed by atoms with Crippen LogP contribution in [0.1, 0.15) is 32.4 Å². The number of anilines is 1. The molecular formula is C17H25Cl2N5. The summed E-state index contributed by atoms with van der Waals surface area (Å²) in [5.41, 5.74) is 9.36. The third-order valence-electron chi connectivity index (χ3n) is 5.09. The van der Waals surface area contributed by atoms with Crippen LogP contribution in [0.3, 0.4) is 0 Å². The highest BCUT2D eigenvalue weighted by atomic mass is 35.5. The predicted molar refractivity (Wildman–Crippen MR) is 102 cm³/mol. The predicted octanol–water partition coefficient (Wildman–Crippen LogP) is 3.35. The number of hydrogen-bond donors (Lipinski definition) is 2. The van der Waals surface area contributed by atoms with E-state index in [1.807, 2.05) is 12.3 Å². The van der Waals surface area contributed by atoms with Crippen LogP contribution in [0, 0.1) is 0 Å². The molecule has 0 aliphatic carbocycles. The van der Waals surface area contributed by atoms with Crippen molar-refractivity contribution in [3.05, 3.63) is 42.4 Å². The standard InChI is InChI=1S/C17H23N5.2ClH/c1-13(2)21-11-7-17(8-12-21)15-6-4-10-22(15)14-5-3-9-18-16(14)19-20-17;;/h3-6,9-10,13,20H,7-8,11-12H2,1-2H3,(H,18,19);2*1H. The van der Waals surface area contributed by atoms with Crippen LogP contribution in [0.4, 0.5) is 5.82 Å². The molecular weight excluding hydrogens is 345 g/mol. The van der Waals surface area contributed by atoms with Gasteiger partial charge in [-0.1, -0.05) is 0 Å². The second-order valence-corrected chi connectivity index (χ2v) is 6.60. The maximum atomic E-state index is 4.47. The van der Waals surface area contributed by atoms with Gasteiger partial charge < -0.3 is 14.9 Å². The summed E-state index contributed by atoms with van der Waals surface area (Å²) in [5, 5.41) is 0. The SMILES string of the molecule is CC(C)N1CCC2(CC1)NNc1ncccc1-n1cccc12.Cl.Cl. The number of rotatable bonds is 1. The van der Waals surface area contributed by atoms with Crippen molar-refractivity contribution in [3.63, 3.8) is 0 Å². The smallest absolute Gasteiger partial charge is 0.164 e. The van der Waals surface area contributed by atoms with Crippen molar-refractivity contribution in [1.29, 1.82) is 0 Å². The summed E-state index contributed by atoms with van der Waals surface area (Å²) in [7, 11) is 0. The highest BCUT2D eigenvalue weighted by Crippen LogP contribution is 2.37. The summed E-state index contributed by atoms with van der Waals surface area (Å²) >= 11 is 0. The van der Waals surface area contributed by atoms with Crippen LogP contribution in [0.25, 0.3) is 5.69 Å². The number of nitrogens with zero attached hydrogens (tertiary/aromatic N) is 3. The van der Waals surface area contributed by atoms with Crippen molar-refractivity contribution in [2.75, 3.05) is 18.5 Å². The monoisotopic (exact) mass is 369 g/mol. The average Bonchev–Trinajstić information content (AvgIpc) is 2.99. The van der Waals surface area contributed by atoms with Gasteiger partial charge in [-0.15, -0.1) is 24.8 Å². The topological polar surface area (TPSA) is 45.1 Å². The zero-order chi connectivity index (χ0) is 15.2. The number of pyridine rings is 1. The number of nitrogens with one attached hydrogen (secondary N) is 2. The zero-order valence-corrected chi connectivity index (χ0v) is 15.7. The minimum atomic E-state index is -0.0322. The number of aromatic nitrogens is 2. The van der Waals surface area contributed by atoms with Crippen LogP contribution in [-0.4, -0.2) is 33.6 Å². The molecule has 24 heavy (non-hydrogen) atoms. The molecule has 1 fully saturated rings. The van der Waals surface area contributed by atoms with E-state index in [9.17, 15) is 0 Å². The van der Waals surface area contributed by atoms with Gasteiger partial charge in [0, 0.05) is 37.2 Å². The molecule has 4 rings (SSSR count). The van der Waals surface area contributed by atoms with Gasteiger partial charge in [0.05, 0.1) is 11.2 Å². The van der Waals surface area contributed by atoms with E-state index in [1.54, 1.807) is 0 Å². The molecule has 0 atom stereocenters. The van der Waals surface area contributed by atoms with E-state index in [0.29, 0.717) is 6.04 Å². The highest BCUT2D eigenvalue weighted by molar-refractivity contribution is 5.85. The molecule has 2 aromatic heterocycles. The number of likely N-dealkylation sites (tertiary alicyclic amines) is 1. The third kappa shape index (κ3) is 3.02. The lowest BCUT2D eigenvalue weighted by molar-refractivity contribution is 0.111. The zero-order valence-electron chi connectivity index (χ0n) is 14.0. The van der Waals surface area contributed by atoms with Gasteiger partial charge >= 0.3 is 0 Å². The second kappa shape index (κ2) is 7.31. The molecule has 0 aromatic carbocycles. The van der Waals surface area contributed by atoms with E-state index in [1.165, 1.54) is 5.69 Å². The highest BCUT2D eigenvalue weighted by Gasteiger charge is 2.40. The molecule has 0 amide bonds. The van der Waals surface area contributed by atoms with Crippen molar-refractivity contribution < 1.29 is 0 Å².